The molecule has 1 fully saturated rings. The number of anilines is 2. The number of aromatic nitrogens is 1. The zero-order valence-corrected chi connectivity index (χ0v) is 13.4. The molecule has 2 aromatic rings. The zero-order valence-electron chi connectivity index (χ0n) is 13.4. The number of hydrogen-bond acceptors (Lipinski definition) is 5. The number of carbonyl (C=O) groups excluding carboxylic acids is 1. The summed E-state index contributed by atoms with van der Waals surface area (Å²) in [5.74, 6) is 0.883. The molecule has 3 rings (SSSR count). The highest BCUT2D eigenvalue weighted by atomic mass is 16.2. The Morgan fingerprint density at radius 2 is 1.88 bits per heavy atom. The molecule has 0 spiro atoms. The fourth-order valence-electron chi connectivity index (χ4n) is 2.70. The number of nitrogens with one attached hydrogen (secondary N) is 1. The van der Waals surface area contributed by atoms with Crippen molar-refractivity contribution >= 4 is 17.4 Å². The van der Waals surface area contributed by atoms with Crippen LogP contribution in [0.25, 0.3) is 0 Å². The molecule has 2 heterocycles. The molecule has 1 aromatic heterocycles. The number of benzene rings is 1. The maximum absolute atomic E-state index is 12.1. The van der Waals surface area contributed by atoms with Gasteiger partial charge in [0.25, 0.3) is 0 Å². The fourth-order valence-corrected chi connectivity index (χ4v) is 2.70. The van der Waals surface area contributed by atoms with E-state index in [0.717, 1.165) is 37.7 Å². The zero-order chi connectivity index (χ0) is 16.8. The maximum Gasteiger partial charge on any atom is 0.238 e. The molecule has 1 aliphatic rings. The minimum atomic E-state index is 0.00569. The maximum atomic E-state index is 12.1. The molecule has 1 aliphatic heterocycles. The molecule has 0 unspecified atom stereocenters. The Balaban J connectivity index is 1.48. The number of carbonyl (C=O) groups is 1. The van der Waals surface area contributed by atoms with E-state index in [1.165, 1.54) is 0 Å². The molecule has 0 radical (unpaired) electrons. The van der Waals surface area contributed by atoms with Gasteiger partial charge in [-0.05, 0) is 24.3 Å². The lowest BCUT2D eigenvalue weighted by Gasteiger charge is -2.35. The van der Waals surface area contributed by atoms with Crippen LogP contribution in [-0.2, 0) is 4.79 Å². The number of para-hydroxylation sites is 1. The summed E-state index contributed by atoms with van der Waals surface area (Å²) in [4.78, 5) is 20.7. The van der Waals surface area contributed by atoms with Gasteiger partial charge in [-0.1, -0.05) is 18.2 Å². The molecule has 1 saturated heterocycles. The SMILES string of the molecule is N#Cc1ccc(N2CCN(CC(=O)Nc3ccccc3)CC2)nc1. The van der Waals surface area contributed by atoms with Crippen molar-refractivity contribution in [2.45, 2.75) is 0 Å². The molecular weight excluding hydrogens is 302 g/mol. The van der Waals surface area contributed by atoms with Gasteiger partial charge in [-0.2, -0.15) is 5.26 Å². The summed E-state index contributed by atoms with van der Waals surface area (Å²) in [6.07, 6.45) is 1.59. The molecule has 0 atom stereocenters. The van der Waals surface area contributed by atoms with Crippen LogP contribution in [0, 0.1) is 11.3 Å². The number of rotatable bonds is 4. The van der Waals surface area contributed by atoms with Gasteiger partial charge in [-0.25, -0.2) is 4.98 Å². The summed E-state index contributed by atoms with van der Waals surface area (Å²) < 4.78 is 0. The lowest BCUT2D eigenvalue weighted by Crippen LogP contribution is -2.48. The minimum absolute atomic E-state index is 0.00569. The average molecular weight is 321 g/mol. The van der Waals surface area contributed by atoms with Crippen molar-refractivity contribution in [1.29, 1.82) is 5.26 Å². The van der Waals surface area contributed by atoms with Gasteiger partial charge >= 0.3 is 0 Å². The lowest BCUT2D eigenvalue weighted by atomic mass is 10.2. The van der Waals surface area contributed by atoms with Crippen LogP contribution in [-0.4, -0.2) is 48.5 Å². The van der Waals surface area contributed by atoms with Crippen molar-refractivity contribution in [3.63, 3.8) is 0 Å². The van der Waals surface area contributed by atoms with Crippen LogP contribution >= 0.6 is 0 Å². The minimum Gasteiger partial charge on any atom is -0.354 e. The van der Waals surface area contributed by atoms with Gasteiger partial charge in [0.1, 0.15) is 11.9 Å². The van der Waals surface area contributed by atoms with Crippen LogP contribution < -0.4 is 10.2 Å². The first-order valence-electron chi connectivity index (χ1n) is 7.93. The van der Waals surface area contributed by atoms with Crippen molar-refractivity contribution in [2.75, 3.05) is 42.9 Å². The van der Waals surface area contributed by atoms with Crippen LogP contribution in [0.15, 0.2) is 48.7 Å². The van der Waals surface area contributed by atoms with Crippen molar-refractivity contribution in [2.24, 2.45) is 0 Å². The predicted molar refractivity (Wildman–Crippen MR) is 92.7 cm³/mol. The smallest absolute Gasteiger partial charge is 0.238 e. The van der Waals surface area contributed by atoms with Crippen LogP contribution in [0.5, 0.6) is 0 Å². The van der Waals surface area contributed by atoms with E-state index >= 15 is 0 Å². The largest absolute Gasteiger partial charge is 0.354 e. The first-order valence-corrected chi connectivity index (χ1v) is 7.93. The monoisotopic (exact) mass is 321 g/mol. The van der Waals surface area contributed by atoms with Gasteiger partial charge in [0.05, 0.1) is 12.1 Å². The molecule has 1 aromatic carbocycles. The lowest BCUT2D eigenvalue weighted by molar-refractivity contribution is -0.117. The van der Waals surface area contributed by atoms with Gasteiger partial charge in [0, 0.05) is 38.1 Å². The molecular formula is C18H19N5O. The van der Waals surface area contributed by atoms with E-state index < -0.39 is 0 Å². The Bertz CT molecular complexity index is 715. The third-order valence-electron chi connectivity index (χ3n) is 4.00. The highest BCUT2D eigenvalue weighted by Crippen LogP contribution is 2.14. The van der Waals surface area contributed by atoms with Crippen molar-refractivity contribution in [3.8, 4) is 6.07 Å². The number of hydrogen-bond donors (Lipinski definition) is 1. The Labute approximate surface area is 141 Å². The van der Waals surface area contributed by atoms with Crippen LogP contribution in [0.1, 0.15) is 5.56 Å². The molecule has 1 amide bonds. The summed E-state index contributed by atoms with van der Waals surface area (Å²) in [7, 11) is 0. The third kappa shape index (κ3) is 4.09. The van der Waals surface area contributed by atoms with E-state index in [2.05, 4.69) is 26.2 Å². The van der Waals surface area contributed by atoms with E-state index in [1.54, 1.807) is 12.3 Å². The van der Waals surface area contributed by atoms with Gasteiger partial charge in [-0.15, -0.1) is 0 Å². The standard InChI is InChI=1S/C18H19N5O/c19-12-15-6-7-17(20-13-15)23-10-8-22(9-11-23)14-18(24)21-16-4-2-1-3-5-16/h1-7,13H,8-11,14H2,(H,21,24). The van der Waals surface area contributed by atoms with Crippen molar-refractivity contribution < 1.29 is 4.79 Å². The number of nitrogens with zero attached hydrogens (tertiary/aromatic N) is 4. The summed E-state index contributed by atoms with van der Waals surface area (Å²) in [6.45, 7) is 3.65. The van der Waals surface area contributed by atoms with Crippen LogP contribution in [0.2, 0.25) is 0 Å². The predicted octanol–water partition coefficient (Wildman–Crippen LogP) is 1.71. The number of pyridine rings is 1. The molecule has 0 saturated carbocycles. The first kappa shape index (κ1) is 16.0. The van der Waals surface area contributed by atoms with Gasteiger partial charge in [0.15, 0.2) is 0 Å². The van der Waals surface area contributed by atoms with Crippen molar-refractivity contribution in [3.05, 3.63) is 54.2 Å². The van der Waals surface area contributed by atoms with E-state index in [-0.39, 0.29) is 5.91 Å². The van der Waals surface area contributed by atoms with Gasteiger partial charge in [0.2, 0.25) is 5.91 Å². The molecule has 6 heteroatoms. The summed E-state index contributed by atoms with van der Waals surface area (Å²) in [5.41, 5.74) is 1.39. The highest BCUT2D eigenvalue weighted by Gasteiger charge is 2.19. The quantitative estimate of drug-likeness (QED) is 0.928. The normalized spacial score (nSPS) is 14.9. The number of amides is 1. The second-order valence-electron chi connectivity index (χ2n) is 5.69. The fraction of sp³-hybridized carbons (Fsp3) is 0.278. The Morgan fingerprint density at radius 1 is 1.12 bits per heavy atom. The topological polar surface area (TPSA) is 72.3 Å². The van der Waals surface area contributed by atoms with Crippen LogP contribution in [0.4, 0.5) is 11.5 Å². The summed E-state index contributed by atoms with van der Waals surface area (Å²) >= 11 is 0. The Hall–Kier alpha value is -2.91. The van der Waals surface area contributed by atoms with E-state index in [9.17, 15) is 4.79 Å². The molecule has 0 bridgehead atoms. The van der Waals surface area contributed by atoms with E-state index in [4.69, 9.17) is 5.26 Å². The first-order chi connectivity index (χ1) is 11.7. The van der Waals surface area contributed by atoms with Gasteiger partial charge < -0.3 is 10.2 Å². The molecule has 6 nitrogen and oxygen atoms in total. The van der Waals surface area contributed by atoms with E-state index in [0.29, 0.717) is 12.1 Å². The number of piperazine rings is 1. The second kappa shape index (κ2) is 7.57. The Kier molecular flexibility index (Phi) is 5.04. The molecule has 122 valence electrons. The third-order valence-corrected chi connectivity index (χ3v) is 4.00. The summed E-state index contributed by atoms with van der Waals surface area (Å²) in [5, 5.41) is 11.7. The van der Waals surface area contributed by atoms with Crippen LogP contribution in [0.3, 0.4) is 0 Å². The average Bonchev–Trinajstić information content (AvgIpc) is 2.63. The number of nitriles is 1. The Morgan fingerprint density at radius 3 is 2.50 bits per heavy atom. The van der Waals surface area contributed by atoms with E-state index in [1.807, 2.05) is 36.4 Å². The summed E-state index contributed by atoms with van der Waals surface area (Å²) in [6, 6.07) is 15.2. The second-order valence-corrected chi connectivity index (χ2v) is 5.69. The van der Waals surface area contributed by atoms with Gasteiger partial charge in [-0.3, -0.25) is 9.69 Å². The highest BCUT2D eigenvalue weighted by molar-refractivity contribution is 5.92. The molecule has 1 N–H and O–H groups in total. The molecule has 24 heavy (non-hydrogen) atoms. The molecule has 0 aliphatic carbocycles. The van der Waals surface area contributed by atoms with Crippen molar-refractivity contribution in [1.82, 2.24) is 9.88 Å².